The molecule has 24 heavy (non-hydrogen) atoms. The number of benzene rings is 1. The van der Waals surface area contributed by atoms with Crippen LogP contribution >= 0.6 is 0 Å². The monoisotopic (exact) mass is 339 g/mol. The molecule has 1 aromatic carbocycles. The van der Waals surface area contributed by atoms with Gasteiger partial charge in [0.1, 0.15) is 17.4 Å². The Morgan fingerprint density at radius 1 is 1.42 bits per heavy atom. The van der Waals surface area contributed by atoms with E-state index in [-0.39, 0.29) is 11.3 Å². The average Bonchev–Trinajstić information content (AvgIpc) is 2.89. The second kappa shape index (κ2) is 6.73. The molecule has 1 aromatic heterocycles. The number of alkyl halides is 2. The Balaban J connectivity index is 2.24. The molecule has 0 spiro atoms. The lowest BCUT2D eigenvalue weighted by molar-refractivity contribution is -0.385. The van der Waals surface area contributed by atoms with Crippen LogP contribution in [0.25, 0.3) is 0 Å². The van der Waals surface area contributed by atoms with Crippen LogP contribution in [0.3, 0.4) is 0 Å². The Bertz CT molecular complexity index is 789. The Hall–Kier alpha value is -2.84. The third-order valence-corrected chi connectivity index (χ3v) is 3.59. The second-order valence-corrected chi connectivity index (χ2v) is 5.22. The van der Waals surface area contributed by atoms with Crippen LogP contribution in [0.4, 0.5) is 14.5 Å². The van der Waals surface area contributed by atoms with Crippen molar-refractivity contribution < 1.29 is 23.2 Å². The van der Waals surface area contributed by atoms with Crippen molar-refractivity contribution in [2.75, 3.05) is 0 Å². The maximum Gasteiger partial charge on any atom is 0.342 e. The van der Waals surface area contributed by atoms with E-state index in [2.05, 4.69) is 5.10 Å². The Labute approximate surface area is 136 Å². The highest BCUT2D eigenvalue weighted by atomic mass is 19.3. The van der Waals surface area contributed by atoms with Crippen LogP contribution in [-0.2, 0) is 11.8 Å². The first-order valence-corrected chi connectivity index (χ1v) is 6.98. The van der Waals surface area contributed by atoms with Crippen LogP contribution in [0.1, 0.15) is 46.6 Å². The number of aromatic nitrogens is 2. The maximum absolute atomic E-state index is 13.0. The first kappa shape index (κ1) is 17.5. The van der Waals surface area contributed by atoms with Gasteiger partial charge in [-0.05, 0) is 19.4 Å². The van der Waals surface area contributed by atoms with E-state index >= 15 is 0 Å². The predicted octanol–water partition coefficient (Wildman–Crippen LogP) is 3.49. The molecule has 0 bridgehead atoms. The van der Waals surface area contributed by atoms with Crippen LogP contribution in [0.5, 0.6) is 0 Å². The number of nitrogens with zero attached hydrogens (tertiary/aromatic N) is 3. The molecule has 7 nitrogen and oxygen atoms in total. The molecule has 0 N–H and O–H groups in total. The zero-order chi connectivity index (χ0) is 18.0. The highest BCUT2D eigenvalue weighted by Crippen LogP contribution is 2.28. The van der Waals surface area contributed by atoms with Crippen molar-refractivity contribution in [2.45, 2.75) is 26.4 Å². The molecule has 0 unspecified atom stereocenters. The summed E-state index contributed by atoms with van der Waals surface area (Å²) in [6, 6.07) is 4.41. The summed E-state index contributed by atoms with van der Waals surface area (Å²) in [5.74, 6) is -0.964. The topological polar surface area (TPSA) is 87.3 Å². The quantitative estimate of drug-likeness (QED) is 0.473. The Kier molecular flexibility index (Phi) is 4.91. The molecule has 128 valence electrons. The van der Waals surface area contributed by atoms with Gasteiger partial charge in [-0.3, -0.25) is 14.8 Å². The van der Waals surface area contributed by atoms with Gasteiger partial charge in [-0.1, -0.05) is 12.1 Å². The van der Waals surface area contributed by atoms with Gasteiger partial charge in [0.25, 0.3) is 12.1 Å². The molecule has 2 rings (SSSR count). The molecule has 9 heteroatoms. The first-order chi connectivity index (χ1) is 11.2. The van der Waals surface area contributed by atoms with Crippen molar-refractivity contribution in [3.05, 3.63) is 56.9 Å². The molecule has 0 amide bonds. The fourth-order valence-electron chi connectivity index (χ4n) is 2.23. The van der Waals surface area contributed by atoms with Gasteiger partial charge in [-0.15, -0.1) is 0 Å². The van der Waals surface area contributed by atoms with Crippen LogP contribution < -0.4 is 0 Å². The number of hydrogen-bond acceptors (Lipinski definition) is 5. The molecular weight excluding hydrogens is 324 g/mol. The lowest BCUT2D eigenvalue weighted by Crippen LogP contribution is -2.12. The molecule has 1 heterocycles. The molecule has 0 aliphatic heterocycles. The second-order valence-electron chi connectivity index (χ2n) is 5.22. The van der Waals surface area contributed by atoms with E-state index in [0.717, 1.165) is 10.9 Å². The van der Waals surface area contributed by atoms with Gasteiger partial charge in [0.05, 0.1) is 11.1 Å². The largest absolute Gasteiger partial charge is 0.454 e. The summed E-state index contributed by atoms with van der Waals surface area (Å²) in [5, 5.41) is 14.6. The van der Waals surface area contributed by atoms with Gasteiger partial charge in [-0.2, -0.15) is 5.10 Å². The summed E-state index contributed by atoms with van der Waals surface area (Å²) < 4.78 is 32.0. The highest BCUT2D eigenvalue weighted by Gasteiger charge is 2.26. The summed E-state index contributed by atoms with van der Waals surface area (Å²) in [4.78, 5) is 22.5. The number of esters is 1. The summed E-state index contributed by atoms with van der Waals surface area (Å²) in [6.07, 6.45) is -2.72. The Morgan fingerprint density at radius 2 is 2.08 bits per heavy atom. The average molecular weight is 339 g/mol. The predicted molar refractivity (Wildman–Crippen MR) is 79.8 cm³/mol. The van der Waals surface area contributed by atoms with E-state index in [0.29, 0.717) is 11.1 Å². The van der Waals surface area contributed by atoms with Crippen LogP contribution in [0, 0.1) is 17.0 Å². The summed E-state index contributed by atoms with van der Waals surface area (Å²) in [7, 11) is 1.30. The number of carbonyl (C=O) groups excluding carboxylic acids is 1. The number of halogens is 2. The minimum atomic E-state index is -2.88. The van der Waals surface area contributed by atoms with Crippen molar-refractivity contribution in [3.63, 3.8) is 0 Å². The molecule has 0 radical (unpaired) electrons. The number of nitro benzene ring substituents is 1. The maximum atomic E-state index is 13.0. The van der Waals surface area contributed by atoms with E-state index in [4.69, 9.17) is 4.74 Å². The van der Waals surface area contributed by atoms with Crippen molar-refractivity contribution in [1.29, 1.82) is 0 Å². The molecule has 0 aliphatic carbocycles. The lowest BCUT2D eigenvalue weighted by atomic mass is 10.1. The third-order valence-electron chi connectivity index (χ3n) is 3.59. The van der Waals surface area contributed by atoms with Crippen LogP contribution in [-0.4, -0.2) is 20.7 Å². The number of hydrogen-bond donors (Lipinski definition) is 0. The smallest absolute Gasteiger partial charge is 0.342 e. The molecule has 0 saturated carbocycles. The van der Waals surface area contributed by atoms with E-state index in [1.807, 2.05) is 0 Å². The molecule has 1 atom stereocenters. The number of rotatable bonds is 5. The third kappa shape index (κ3) is 3.39. The molecule has 2 aromatic rings. The van der Waals surface area contributed by atoms with Crippen molar-refractivity contribution in [3.8, 4) is 0 Å². The van der Waals surface area contributed by atoms with E-state index in [9.17, 15) is 23.7 Å². The minimum absolute atomic E-state index is 0.106. The molecule has 0 aliphatic rings. The summed E-state index contributed by atoms with van der Waals surface area (Å²) in [5.41, 5.74) is -0.120. The van der Waals surface area contributed by atoms with Gasteiger partial charge < -0.3 is 4.74 Å². The normalized spacial score (nSPS) is 12.2. The van der Waals surface area contributed by atoms with E-state index < -0.39 is 29.1 Å². The van der Waals surface area contributed by atoms with Gasteiger partial charge >= 0.3 is 5.97 Å². The van der Waals surface area contributed by atoms with E-state index in [1.165, 1.54) is 26.1 Å². The van der Waals surface area contributed by atoms with Crippen molar-refractivity contribution in [1.82, 2.24) is 9.78 Å². The standard InChI is InChI=1S/C15H15F2N3O4/c1-8-4-5-10(6-12(8)20(22)23)9(2)24-15(21)11-7-18-19(3)13(11)14(16)17/h4-7,9,14H,1-3H3/t9-/m0/s1. The molecular formula is C15H15F2N3O4. The number of nitro groups is 1. The van der Waals surface area contributed by atoms with Gasteiger partial charge in [0.2, 0.25) is 0 Å². The first-order valence-electron chi connectivity index (χ1n) is 6.98. The SMILES string of the molecule is Cc1ccc([C@H](C)OC(=O)c2cnn(C)c2C(F)F)cc1[N+](=O)[O-]. The van der Waals surface area contributed by atoms with Gasteiger partial charge in [-0.25, -0.2) is 13.6 Å². The molecule has 0 saturated heterocycles. The minimum Gasteiger partial charge on any atom is -0.454 e. The van der Waals surface area contributed by atoms with Crippen LogP contribution in [0.2, 0.25) is 0 Å². The van der Waals surface area contributed by atoms with Crippen molar-refractivity contribution >= 4 is 11.7 Å². The highest BCUT2D eigenvalue weighted by molar-refractivity contribution is 5.90. The summed E-state index contributed by atoms with van der Waals surface area (Å²) in [6.45, 7) is 3.09. The number of ether oxygens (including phenoxy) is 1. The molecule has 0 fully saturated rings. The van der Waals surface area contributed by atoms with Gasteiger partial charge in [0, 0.05) is 18.7 Å². The number of carbonyl (C=O) groups is 1. The summed E-state index contributed by atoms with van der Waals surface area (Å²) >= 11 is 0. The van der Waals surface area contributed by atoms with Gasteiger partial charge in [0.15, 0.2) is 0 Å². The van der Waals surface area contributed by atoms with Crippen molar-refractivity contribution in [2.24, 2.45) is 7.05 Å². The Morgan fingerprint density at radius 3 is 2.67 bits per heavy atom. The zero-order valence-corrected chi connectivity index (χ0v) is 13.2. The fourth-order valence-corrected chi connectivity index (χ4v) is 2.23. The lowest BCUT2D eigenvalue weighted by Gasteiger charge is -2.14. The number of aryl methyl sites for hydroxylation is 2. The zero-order valence-electron chi connectivity index (χ0n) is 13.2. The fraction of sp³-hybridized carbons (Fsp3) is 0.333. The van der Waals surface area contributed by atoms with Crippen LogP contribution in [0.15, 0.2) is 24.4 Å². The van der Waals surface area contributed by atoms with E-state index in [1.54, 1.807) is 13.0 Å².